The van der Waals surface area contributed by atoms with Crippen LogP contribution >= 0.6 is 11.6 Å². The number of hydrogen-bond donors (Lipinski definition) is 2. The van der Waals surface area contributed by atoms with Crippen molar-refractivity contribution >= 4 is 29.1 Å². The van der Waals surface area contributed by atoms with Crippen LogP contribution in [-0.2, 0) is 14.3 Å². The second-order valence-corrected chi connectivity index (χ2v) is 4.67. The minimum atomic E-state index is -0.371. The SMILES string of the molecule is CCOCCNC(=O)CC(=O)Nc1cc(Cl)ccc1C. The van der Waals surface area contributed by atoms with Crippen LogP contribution in [0.5, 0.6) is 0 Å². The first-order chi connectivity index (χ1) is 9.52. The van der Waals surface area contributed by atoms with E-state index in [2.05, 4.69) is 10.6 Å². The van der Waals surface area contributed by atoms with Crippen molar-refractivity contribution in [1.82, 2.24) is 5.32 Å². The first-order valence-electron chi connectivity index (χ1n) is 6.43. The highest BCUT2D eigenvalue weighted by Crippen LogP contribution is 2.20. The molecule has 0 saturated heterocycles. The molecule has 0 bridgehead atoms. The maximum Gasteiger partial charge on any atom is 0.233 e. The van der Waals surface area contributed by atoms with E-state index in [1.807, 2.05) is 13.8 Å². The largest absolute Gasteiger partial charge is 0.380 e. The lowest BCUT2D eigenvalue weighted by Crippen LogP contribution is -2.30. The molecule has 0 radical (unpaired) electrons. The number of amides is 2. The van der Waals surface area contributed by atoms with Crippen LogP contribution in [0, 0.1) is 6.92 Å². The molecule has 1 aromatic rings. The van der Waals surface area contributed by atoms with Crippen LogP contribution in [0.1, 0.15) is 18.9 Å². The second-order valence-electron chi connectivity index (χ2n) is 4.23. The predicted molar refractivity (Wildman–Crippen MR) is 78.9 cm³/mol. The summed E-state index contributed by atoms with van der Waals surface area (Å²) in [6.07, 6.45) is -0.224. The molecule has 0 saturated carbocycles. The third-order valence-corrected chi connectivity index (χ3v) is 2.80. The molecule has 2 N–H and O–H groups in total. The van der Waals surface area contributed by atoms with Gasteiger partial charge in [-0.3, -0.25) is 9.59 Å². The van der Waals surface area contributed by atoms with Crippen molar-refractivity contribution in [3.8, 4) is 0 Å². The van der Waals surface area contributed by atoms with Gasteiger partial charge in [0.1, 0.15) is 6.42 Å². The van der Waals surface area contributed by atoms with Crippen molar-refractivity contribution in [3.63, 3.8) is 0 Å². The van der Waals surface area contributed by atoms with Gasteiger partial charge in [0.2, 0.25) is 11.8 Å². The fraction of sp³-hybridized carbons (Fsp3) is 0.429. The average Bonchev–Trinajstić information content (AvgIpc) is 2.39. The summed E-state index contributed by atoms with van der Waals surface area (Å²) in [4.78, 5) is 23.2. The van der Waals surface area contributed by atoms with Crippen LogP contribution in [0.15, 0.2) is 18.2 Å². The summed E-state index contributed by atoms with van der Waals surface area (Å²) in [6, 6.07) is 5.20. The van der Waals surface area contributed by atoms with Gasteiger partial charge < -0.3 is 15.4 Å². The Labute approximate surface area is 123 Å². The van der Waals surface area contributed by atoms with Gasteiger partial charge >= 0.3 is 0 Å². The third kappa shape index (κ3) is 6.04. The van der Waals surface area contributed by atoms with E-state index in [9.17, 15) is 9.59 Å². The molecule has 0 spiro atoms. The fourth-order valence-corrected chi connectivity index (χ4v) is 1.71. The molecule has 0 unspecified atom stereocenters. The zero-order valence-electron chi connectivity index (χ0n) is 11.7. The molecule has 6 heteroatoms. The molecule has 110 valence electrons. The quantitative estimate of drug-likeness (QED) is 0.598. The van der Waals surface area contributed by atoms with Crippen LogP contribution in [0.25, 0.3) is 0 Å². The second kappa shape index (κ2) is 8.55. The van der Waals surface area contributed by atoms with E-state index in [-0.39, 0.29) is 18.2 Å². The maximum absolute atomic E-state index is 11.7. The molecule has 0 aromatic heterocycles. The molecule has 1 aromatic carbocycles. The minimum absolute atomic E-state index is 0.224. The van der Waals surface area contributed by atoms with Gasteiger partial charge in [0.15, 0.2) is 0 Å². The number of anilines is 1. The topological polar surface area (TPSA) is 67.4 Å². The van der Waals surface area contributed by atoms with Crippen molar-refractivity contribution < 1.29 is 14.3 Å². The fourth-order valence-electron chi connectivity index (χ4n) is 1.54. The lowest BCUT2D eigenvalue weighted by Gasteiger charge is -2.09. The molecule has 0 aliphatic carbocycles. The predicted octanol–water partition coefficient (Wildman–Crippen LogP) is 2.13. The van der Waals surface area contributed by atoms with Crippen molar-refractivity contribution in [2.24, 2.45) is 0 Å². The van der Waals surface area contributed by atoms with E-state index in [0.717, 1.165) is 5.56 Å². The number of ether oxygens (including phenoxy) is 1. The van der Waals surface area contributed by atoms with Crippen LogP contribution in [-0.4, -0.2) is 31.6 Å². The number of aryl methyl sites for hydroxylation is 1. The van der Waals surface area contributed by atoms with Gasteiger partial charge in [0, 0.05) is 23.9 Å². The molecule has 0 aliphatic heterocycles. The van der Waals surface area contributed by atoms with Gasteiger partial charge in [-0.1, -0.05) is 17.7 Å². The summed E-state index contributed by atoms with van der Waals surface area (Å²) >= 11 is 5.86. The molecule has 0 heterocycles. The smallest absolute Gasteiger partial charge is 0.233 e. The van der Waals surface area contributed by atoms with Gasteiger partial charge in [-0.2, -0.15) is 0 Å². The molecule has 0 aliphatic rings. The van der Waals surface area contributed by atoms with Gasteiger partial charge in [0.05, 0.1) is 6.61 Å². The summed E-state index contributed by atoms with van der Waals surface area (Å²) in [5.74, 6) is -0.703. The van der Waals surface area contributed by atoms with Crippen molar-refractivity contribution in [1.29, 1.82) is 0 Å². The molecule has 5 nitrogen and oxygen atoms in total. The summed E-state index contributed by atoms with van der Waals surface area (Å²) in [6.45, 7) is 5.18. The molecule has 20 heavy (non-hydrogen) atoms. The first-order valence-corrected chi connectivity index (χ1v) is 6.81. The summed E-state index contributed by atoms with van der Waals surface area (Å²) < 4.78 is 5.08. The standard InChI is InChI=1S/C14H19ClN2O3/c1-3-20-7-6-16-13(18)9-14(19)17-12-8-11(15)5-4-10(12)2/h4-5,8H,3,6-7,9H2,1-2H3,(H,16,18)(H,17,19). The van der Waals surface area contributed by atoms with Crippen molar-refractivity contribution in [3.05, 3.63) is 28.8 Å². The number of carbonyl (C=O) groups excluding carboxylic acids is 2. The van der Waals surface area contributed by atoms with Crippen molar-refractivity contribution in [2.75, 3.05) is 25.1 Å². The third-order valence-electron chi connectivity index (χ3n) is 2.57. The van der Waals surface area contributed by atoms with Crippen LogP contribution in [0.4, 0.5) is 5.69 Å². The van der Waals surface area contributed by atoms with E-state index in [0.29, 0.717) is 30.5 Å². The highest BCUT2D eigenvalue weighted by molar-refractivity contribution is 6.31. The Morgan fingerprint density at radius 2 is 2.05 bits per heavy atom. The average molecular weight is 299 g/mol. The summed E-state index contributed by atoms with van der Waals surface area (Å²) in [5, 5.41) is 5.81. The van der Waals surface area contributed by atoms with E-state index in [4.69, 9.17) is 16.3 Å². The zero-order valence-corrected chi connectivity index (χ0v) is 12.4. The van der Waals surface area contributed by atoms with Crippen LogP contribution in [0.2, 0.25) is 5.02 Å². The van der Waals surface area contributed by atoms with E-state index >= 15 is 0 Å². The van der Waals surface area contributed by atoms with Gasteiger partial charge in [-0.15, -0.1) is 0 Å². The zero-order chi connectivity index (χ0) is 15.0. The van der Waals surface area contributed by atoms with E-state index < -0.39 is 0 Å². The first kappa shape index (κ1) is 16.5. The van der Waals surface area contributed by atoms with Gasteiger partial charge in [-0.25, -0.2) is 0 Å². The van der Waals surface area contributed by atoms with Crippen molar-refractivity contribution in [2.45, 2.75) is 20.3 Å². The number of hydrogen-bond acceptors (Lipinski definition) is 3. The van der Waals surface area contributed by atoms with E-state index in [1.54, 1.807) is 18.2 Å². The Morgan fingerprint density at radius 1 is 1.30 bits per heavy atom. The molecule has 0 atom stereocenters. The number of halogens is 1. The number of carbonyl (C=O) groups is 2. The Bertz CT molecular complexity index is 477. The lowest BCUT2D eigenvalue weighted by molar-refractivity contribution is -0.126. The normalized spacial score (nSPS) is 10.2. The minimum Gasteiger partial charge on any atom is -0.380 e. The summed E-state index contributed by atoms with van der Waals surface area (Å²) in [7, 11) is 0. The molecule has 2 amide bonds. The Balaban J connectivity index is 2.39. The van der Waals surface area contributed by atoms with Gasteiger partial charge in [-0.05, 0) is 31.5 Å². The Hall–Kier alpha value is -1.59. The highest BCUT2D eigenvalue weighted by Gasteiger charge is 2.10. The molecular weight excluding hydrogens is 280 g/mol. The van der Waals surface area contributed by atoms with Crippen LogP contribution in [0.3, 0.4) is 0 Å². The van der Waals surface area contributed by atoms with E-state index in [1.165, 1.54) is 0 Å². The number of rotatable bonds is 7. The Morgan fingerprint density at radius 3 is 2.75 bits per heavy atom. The van der Waals surface area contributed by atoms with Crippen LogP contribution < -0.4 is 10.6 Å². The highest BCUT2D eigenvalue weighted by atomic mass is 35.5. The lowest BCUT2D eigenvalue weighted by atomic mass is 10.2. The molecule has 1 rings (SSSR count). The van der Waals surface area contributed by atoms with Gasteiger partial charge in [0.25, 0.3) is 0 Å². The number of nitrogens with one attached hydrogen (secondary N) is 2. The maximum atomic E-state index is 11.7. The molecule has 0 fully saturated rings. The molecular formula is C14H19ClN2O3. The summed E-state index contributed by atoms with van der Waals surface area (Å²) in [5.41, 5.74) is 1.50. The monoisotopic (exact) mass is 298 g/mol. The number of benzene rings is 1. The Kier molecular flexibility index (Phi) is 7.04.